The van der Waals surface area contributed by atoms with Crippen LogP contribution in [0.3, 0.4) is 0 Å². The first-order valence-corrected chi connectivity index (χ1v) is 6.30. The van der Waals surface area contributed by atoms with E-state index in [-0.39, 0.29) is 0 Å². The lowest BCUT2D eigenvalue weighted by Gasteiger charge is -2.14. The Hall–Kier alpha value is -0.990. The van der Waals surface area contributed by atoms with Crippen molar-refractivity contribution in [1.82, 2.24) is 5.32 Å². The molecular weight excluding hydrogens is 234 g/mol. The van der Waals surface area contributed by atoms with Gasteiger partial charge in [-0.2, -0.15) is 0 Å². The van der Waals surface area contributed by atoms with Gasteiger partial charge in [0, 0.05) is 11.1 Å². The number of hydrogen-bond donors (Lipinski definition) is 1. The SMILES string of the molecule is C=C(Cl)COc1cccc(C(C)NCCC)c1. The fraction of sp³-hybridized carbons (Fsp3) is 0.429. The van der Waals surface area contributed by atoms with Gasteiger partial charge in [-0.05, 0) is 37.6 Å². The van der Waals surface area contributed by atoms with Gasteiger partial charge in [-0.1, -0.05) is 37.2 Å². The second-order valence-electron chi connectivity index (χ2n) is 4.05. The van der Waals surface area contributed by atoms with E-state index in [1.54, 1.807) is 0 Å². The number of hydrogen-bond acceptors (Lipinski definition) is 2. The van der Waals surface area contributed by atoms with Gasteiger partial charge in [-0.3, -0.25) is 0 Å². The van der Waals surface area contributed by atoms with E-state index >= 15 is 0 Å². The molecule has 94 valence electrons. The second kappa shape index (κ2) is 7.36. The van der Waals surface area contributed by atoms with Crippen LogP contribution in [0.5, 0.6) is 5.75 Å². The number of halogens is 1. The average Bonchev–Trinajstić information content (AvgIpc) is 2.33. The molecule has 1 unspecified atom stereocenters. The molecule has 3 heteroatoms. The molecule has 1 rings (SSSR count). The molecule has 0 radical (unpaired) electrons. The fourth-order valence-electron chi connectivity index (χ4n) is 1.51. The Bertz CT molecular complexity index is 365. The van der Waals surface area contributed by atoms with E-state index in [1.165, 1.54) is 5.56 Å². The monoisotopic (exact) mass is 253 g/mol. The van der Waals surface area contributed by atoms with Crippen molar-refractivity contribution in [3.8, 4) is 5.75 Å². The van der Waals surface area contributed by atoms with Gasteiger partial charge in [0.2, 0.25) is 0 Å². The molecule has 0 amide bonds. The van der Waals surface area contributed by atoms with E-state index in [0.717, 1.165) is 18.7 Å². The third-order valence-corrected chi connectivity index (χ3v) is 2.56. The maximum Gasteiger partial charge on any atom is 0.123 e. The van der Waals surface area contributed by atoms with Crippen LogP contribution >= 0.6 is 11.6 Å². The van der Waals surface area contributed by atoms with Gasteiger partial charge in [-0.15, -0.1) is 0 Å². The molecule has 0 saturated carbocycles. The highest BCUT2D eigenvalue weighted by molar-refractivity contribution is 6.29. The zero-order valence-electron chi connectivity index (χ0n) is 10.5. The van der Waals surface area contributed by atoms with Crippen molar-refractivity contribution in [2.75, 3.05) is 13.2 Å². The first kappa shape index (κ1) is 14.1. The van der Waals surface area contributed by atoms with E-state index in [2.05, 4.69) is 31.8 Å². The van der Waals surface area contributed by atoms with Crippen LogP contribution in [0, 0.1) is 0 Å². The Balaban J connectivity index is 2.61. The van der Waals surface area contributed by atoms with Gasteiger partial charge in [0.25, 0.3) is 0 Å². The Labute approximate surface area is 109 Å². The van der Waals surface area contributed by atoms with Crippen molar-refractivity contribution in [3.05, 3.63) is 41.4 Å². The van der Waals surface area contributed by atoms with Crippen molar-refractivity contribution in [1.29, 1.82) is 0 Å². The standard InChI is InChI=1S/C14H20ClNO/c1-4-8-16-12(3)13-6-5-7-14(9-13)17-10-11(2)15/h5-7,9,12,16H,2,4,8,10H2,1,3H3. The predicted octanol–water partition coefficient (Wildman–Crippen LogP) is 3.88. The molecule has 1 atom stereocenters. The lowest BCUT2D eigenvalue weighted by atomic mass is 10.1. The molecule has 0 aliphatic heterocycles. The number of ether oxygens (including phenoxy) is 1. The molecular formula is C14H20ClNO. The smallest absolute Gasteiger partial charge is 0.123 e. The van der Waals surface area contributed by atoms with Gasteiger partial charge in [-0.25, -0.2) is 0 Å². The van der Waals surface area contributed by atoms with Crippen LogP contribution in [0.25, 0.3) is 0 Å². The molecule has 0 aliphatic carbocycles. The van der Waals surface area contributed by atoms with Crippen LogP contribution in [0.2, 0.25) is 0 Å². The molecule has 0 heterocycles. The van der Waals surface area contributed by atoms with Crippen molar-refractivity contribution < 1.29 is 4.74 Å². The molecule has 0 bridgehead atoms. The summed E-state index contributed by atoms with van der Waals surface area (Å²) in [7, 11) is 0. The summed E-state index contributed by atoms with van der Waals surface area (Å²) in [6.45, 7) is 9.27. The lowest BCUT2D eigenvalue weighted by molar-refractivity contribution is 0.358. The zero-order chi connectivity index (χ0) is 12.7. The Morgan fingerprint density at radius 2 is 2.29 bits per heavy atom. The van der Waals surface area contributed by atoms with E-state index in [9.17, 15) is 0 Å². The van der Waals surface area contributed by atoms with Crippen molar-refractivity contribution in [3.63, 3.8) is 0 Å². The van der Waals surface area contributed by atoms with Gasteiger partial charge < -0.3 is 10.1 Å². The summed E-state index contributed by atoms with van der Waals surface area (Å²) in [5.74, 6) is 0.828. The Morgan fingerprint density at radius 1 is 1.53 bits per heavy atom. The summed E-state index contributed by atoms with van der Waals surface area (Å²) in [6, 6.07) is 8.38. The van der Waals surface area contributed by atoms with Crippen molar-refractivity contribution in [2.24, 2.45) is 0 Å². The highest BCUT2D eigenvalue weighted by atomic mass is 35.5. The number of rotatable bonds is 7. The first-order chi connectivity index (χ1) is 8.13. The Kier molecular flexibility index (Phi) is 6.09. The summed E-state index contributed by atoms with van der Waals surface area (Å²) in [5, 5.41) is 3.95. The second-order valence-corrected chi connectivity index (χ2v) is 4.59. The molecule has 0 saturated heterocycles. The molecule has 1 aromatic rings. The molecule has 0 aromatic heterocycles. The third kappa shape index (κ3) is 5.24. The fourth-order valence-corrected chi connectivity index (χ4v) is 1.57. The maximum absolute atomic E-state index is 5.67. The number of benzene rings is 1. The summed E-state index contributed by atoms with van der Waals surface area (Å²) in [5.41, 5.74) is 1.22. The molecule has 0 aliphatic rings. The molecule has 1 aromatic carbocycles. The van der Waals surface area contributed by atoms with Crippen molar-refractivity contribution in [2.45, 2.75) is 26.3 Å². The van der Waals surface area contributed by atoms with Gasteiger partial charge >= 0.3 is 0 Å². The van der Waals surface area contributed by atoms with Crippen LogP contribution in [-0.2, 0) is 0 Å². The summed E-state index contributed by atoms with van der Waals surface area (Å²) >= 11 is 5.67. The molecule has 17 heavy (non-hydrogen) atoms. The van der Waals surface area contributed by atoms with Crippen LogP contribution in [0.4, 0.5) is 0 Å². The minimum Gasteiger partial charge on any atom is -0.488 e. The first-order valence-electron chi connectivity index (χ1n) is 5.93. The molecule has 0 fully saturated rings. The van der Waals surface area contributed by atoms with Gasteiger partial charge in [0.15, 0.2) is 0 Å². The minimum atomic E-state index is 0.331. The van der Waals surface area contributed by atoms with Crippen LogP contribution in [0.15, 0.2) is 35.9 Å². The minimum absolute atomic E-state index is 0.331. The van der Waals surface area contributed by atoms with Crippen LogP contribution in [0.1, 0.15) is 31.9 Å². The largest absolute Gasteiger partial charge is 0.488 e. The quantitative estimate of drug-likeness (QED) is 0.796. The zero-order valence-corrected chi connectivity index (χ0v) is 11.3. The van der Waals surface area contributed by atoms with Crippen LogP contribution < -0.4 is 10.1 Å². The number of nitrogens with one attached hydrogen (secondary N) is 1. The molecule has 1 N–H and O–H groups in total. The topological polar surface area (TPSA) is 21.3 Å². The van der Waals surface area contributed by atoms with Gasteiger partial charge in [0.1, 0.15) is 12.4 Å². The van der Waals surface area contributed by atoms with E-state index in [0.29, 0.717) is 17.7 Å². The van der Waals surface area contributed by atoms with Crippen LogP contribution in [-0.4, -0.2) is 13.2 Å². The highest BCUT2D eigenvalue weighted by Crippen LogP contribution is 2.19. The predicted molar refractivity (Wildman–Crippen MR) is 73.6 cm³/mol. The highest BCUT2D eigenvalue weighted by Gasteiger charge is 2.05. The normalized spacial score (nSPS) is 12.2. The van der Waals surface area contributed by atoms with E-state index < -0.39 is 0 Å². The maximum atomic E-state index is 5.67. The van der Waals surface area contributed by atoms with E-state index in [4.69, 9.17) is 16.3 Å². The summed E-state index contributed by atoms with van der Waals surface area (Å²) in [4.78, 5) is 0. The third-order valence-electron chi connectivity index (χ3n) is 2.45. The Morgan fingerprint density at radius 3 is 2.94 bits per heavy atom. The van der Waals surface area contributed by atoms with E-state index in [1.807, 2.05) is 18.2 Å². The average molecular weight is 254 g/mol. The summed E-state index contributed by atoms with van der Waals surface area (Å²) < 4.78 is 5.50. The van der Waals surface area contributed by atoms with Gasteiger partial charge in [0.05, 0.1) is 0 Å². The molecule has 2 nitrogen and oxygen atoms in total. The summed E-state index contributed by atoms with van der Waals surface area (Å²) in [6.07, 6.45) is 1.13. The lowest BCUT2D eigenvalue weighted by Crippen LogP contribution is -2.19. The molecule has 0 spiro atoms. The van der Waals surface area contributed by atoms with Crippen molar-refractivity contribution >= 4 is 11.6 Å².